The first kappa shape index (κ1) is 20.6. The second-order valence-corrected chi connectivity index (χ2v) is 7.63. The molecule has 0 saturated carbocycles. The third-order valence-electron chi connectivity index (χ3n) is 5.71. The number of likely N-dealkylation sites (N-methyl/N-ethyl adjacent to an activating group) is 1. The maximum absolute atomic E-state index is 12.9. The van der Waals surface area contributed by atoms with Gasteiger partial charge in [0.1, 0.15) is 5.70 Å². The van der Waals surface area contributed by atoms with Crippen molar-refractivity contribution in [1.82, 2.24) is 4.90 Å². The molecule has 1 fully saturated rings. The summed E-state index contributed by atoms with van der Waals surface area (Å²) in [6.07, 6.45) is 3.64. The topological polar surface area (TPSA) is 95.8 Å². The summed E-state index contributed by atoms with van der Waals surface area (Å²) in [6.45, 7) is 4.06. The maximum atomic E-state index is 12.9. The summed E-state index contributed by atoms with van der Waals surface area (Å²) in [5, 5.41) is 14.1. The molecule has 2 heterocycles. The van der Waals surface area contributed by atoms with Crippen LogP contribution in [0.1, 0.15) is 31.7 Å². The van der Waals surface area contributed by atoms with E-state index in [9.17, 15) is 19.7 Å². The third-order valence-corrected chi connectivity index (χ3v) is 5.71. The van der Waals surface area contributed by atoms with Crippen LogP contribution in [0.15, 0.2) is 54.2 Å². The molecule has 0 bridgehead atoms. The van der Waals surface area contributed by atoms with Crippen molar-refractivity contribution < 1.29 is 14.5 Å². The lowest BCUT2D eigenvalue weighted by Gasteiger charge is -2.28. The summed E-state index contributed by atoms with van der Waals surface area (Å²) >= 11 is 0. The van der Waals surface area contributed by atoms with Gasteiger partial charge in [0.05, 0.1) is 10.5 Å². The van der Waals surface area contributed by atoms with E-state index in [4.69, 9.17) is 0 Å². The fraction of sp³-hybridized carbons (Fsp3) is 0.304. The molecule has 2 amide bonds. The molecular weight excluding hydrogens is 396 g/mol. The van der Waals surface area contributed by atoms with Crippen LogP contribution in [-0.2, 0) is 9.59 Å². The monoisotopic (exact) mass is 420 g/mol. The smallest absolute Gasteiger partial charge is 0.278 e. The minimum Gasteiger partial charge on any atom is -0.372 e. The average Bonchev–Trinajstić information content (AvgIpc) is 3.03. The number of carbonyl (C=O) groups excluding carboxylic acids is 2. The molecule has 1 saturated heterocycles. The standard InChI is InChI=1S/C23H24N4O4/c1-2-26-22(28)20(16-6-10-19(11-7-16)27(30)31)21(23(26)29)24-17-8-12-18(13-9-17)25-14-4-3-5-15-25/h6-13,24H,2-5,14-15H2,1H3. The number of hydrogen-bond acceptors (Lipinski definition) is 6. The summed E-state index contributed by atoms with van der Waals surface area (Å²) < 4.78 is 0. The van der Waals surface area contributed by atoms with Crippen LogP contribution in [0, 0.1) is 10.1 Å². The Balaban J connectivity index is 1.64. The number of anilines is 2. The molecule has 0 unspecified atom stereocenters. The number of benzene rings is 2. The number of non-ortho nitro benzene ring substituents is 1. The van der Waals surface area contributed by atoms with Gasteiger partial charge in [0, 0.05) is 43.1 Å². The van der Waals surface area contributed by atoms with Crippen molar-refractivity contribution in [3.05, 3.63) is 69.9 Å². The zero-order valence-corrected chi connectivity index (χ0v) is 17.3. The average molecular weight is 420 g/mol. The number of nitro benzene ring substituents is 1. The second kappa shape index (κ2) is 8.59. The molecule has 0 aliphatic carbocycles. The second-order valence-electron chi connectivity index (χ2n) is 7.63. The van der Waals surface area contributed by atoms with Crippen molar-refractivity contribution in [2.75, 3.05) is 29.9 Å². The predicted octanol–water partition coefficient (Wildman–Crippen LogP) is 3.80. The van der Waals surface area contributed by atoms with Crippen LogP contribution < -0.4 is 10.2 Å². The SMILES string of the molecule is CCN1C(=O)C(Nc2ccc(N3CCCCC3)cc2)=C(c2ccc([N+](=O)[O-])cc2)C1=O. The third kappa shape index (κ3) is 4.01. The van der Waals surface area contributed by atoms with Crippen LogP contribution in [-0.4, -0.2) is 41.3 Å². The van der Waals surface area contributed by atoms with E-state index >= 15 is 0 Å². The van der Waals surface area contributed by atoms with Gasteiger partial charge in [-0.1, -0.05) is 0 Å². The van der Waals surface area contributed by atoms with E-state index in [1.807, 2.05) is 24.3 Å². The Kier molecular flexibility index (Phi) is 5.70. The van der Waals surface area contributed by atoms with Gasteiger partial charge in [-0.25, -0.2) is 0 Å². The molecule has 2 aromatic carbocycles. The zero-order chi connectivity index (χ0) is 22.0. The summed E-state index contributed by atoms with van der Waals surface area (Å²) in [4.78, 5) is 39.7. The van der Waals surface area contributed by atoms with Crippen LogP contribution >= 0.6 is 0 Å². The van der Waals surface area contributed by atoms with Gasteiger partial charge >= 0.3 is 0 Å². The number of hydrogen-bond donors (Lipinski definition) is 1. The quantitative estimate of drug-likeness (QED) is 0.434. The molecule has 2 aliphatic rings. The molecule has 31 heavy (non-hydrogen) atoms. The van der Waals surface area contributed by atoms with E-state index in [0.717, 1.165) is 18.8 Å². The Labute approximate surface area is 180 Å². The highest BCUT2D eigenvalue weighted by molar-refractivity contribution is 6.36. The molecule has 1 N–H and O–H groups in total. The van der Waals surface area contributed by atoms with Crippen LogP contribution in [0.25, 0.3) is 5.57 Å². The molecule has 160 valence electrons. The summed E-state index contributed by atoms with van der Waals surface area (Å²) in [5.74, 6) is -0.810. The van der Waals surface area contributed by atoms with Gasteiger partial charge in [0.2, 0.25) is 0 Å². The molecule has 0 spiro atoms. The lowest BCUT2D eigenvalue weighted by Crippen LogP contribution is -2.32. The van der Waals surface area contributed by atoms with E-state index in [2.05, 4.69) is 10.2 Å². The summed E-state index contributed by atoms with van der Waals surface area (Å²) in [6, 6.07) is 13.5. The maximum Gasteiger partial charge on any atom is 0.278 e. The van der Waals surface area contributed by atoms with Gasteiger partial charge in [-0.2, -0.15) is 0 Å². The highest BCUT2D eigenvalue weighted by Crippen LogP contribution is 2.32. The number of piperidine rings is 1. The van der Waals surface area contributed by atoms with Crippen LogP contribution in [0.5, 0.6) is 0 Å². The minimum absolute atomic E-state index is 0.0729. The van der Waals surface area contributed by atoms with E-state index < -0.39 is 16.7 Å². The first-order valence-electron chi connectivity index (χ1n) is 10.5. The molecular formula is C23H24N4O4. The van der Waals surface area contributed by atoms with Crippen LogP contribution in [0.4, 0.5) is 17.1 Å². The van der Waals surface area contributed by atoms with Crippen LogP contribution in [0.3, 0.4) is 0 Å². The van der Waals surface area contributed by atoms with Crippen molar-refractivity contribution >= 4 is 34.4 Å². The number of nitro groups is 1. The van der Waals surface area contributed by atoms with Gasteiger partial charge in [-0.05, 0) is 68.1 Å². The summed E-state index contributed by atoms with van der Waals surface area (Å²) in [7, 11) is 0. The first-order valence-corrected chi connectivity index (χ1v) is 10.5. The summed E-state index contributed by atoms with van der Waals surface area (Å²) in [5.41, 5.74) is 2.64. The molecule has 0 radical (unpaired) electrons. The van der Waals surface area contributed by atoms with Crippen LogP contribution in [0.2, 0.25) is 0 Å². The Hall–Kier alpha value is -3.68. The number of amides is 2. The molecule has 2 aliphatic heterocycles. The van der Waals surface area contributed by atoms with Crippen molar-refractivity contribution in [2.45, 2.75) is 26.2 Å². The molecule has 8 heteroatoms. The van der Waals surface area contributed by atoms with Crippen molar-refractivity contribution in [2.24, 2.45) is 0 Å². The lowest BCUT2D eigenvalue weighted by atomic mass is 10.0. The molecule has 4 rings (SSSR count). The lowest BCUT2D eigenvalue weighted by molar-refractivity contribution is -0.384. The van der Waals surface area contributed by atoms with Gasteiger partial charge in [0.25, 0.3) is 17.5 Å². The molecule has 0 aromatic heterocycles. The number of nitrogens with zero attached hydrogens (tertiary/aromatic N) is 3. The molecule has 0 atom stereocenters. The van der Waals surface area contributed by atoms with E-state index in [1.165, 1.54) is 48.4 Å². The Morgan fingerprint density at radius 1 is 0.935 bits per heavy atom. The number of rotatable bonds is 6. The largest absolute Gasteiger partial charge is 0.372 e. The van der Waals surface area contributed by atoms with E-state index in [-0.39, 0.29) is 23.5 Å². The number of nitrogens with one attached hydrogen (secondary N) is 1. The normalized spacial score (nSPS) is 16.8. The fourth-order valence-electron chi connectivity index (χ4n) is 4.05. The Morgan fingerprint density at radius 2 is 1.58 bits per heavy atom. The van der Waals surface area contributed by atoms with Gasteiger partial charge < -0.3 is 10.2 Å². The molecule has 8 nitrogen and oxygen atoms in total. The fourth-order valence-corrected chi connectivity index (χ4v) is 4.05. The van der Waals surface area contributed by atoms with Gasteiger partial charge in [-0.15, -0.1) is 0 Å². The number of imide groups is 1. The van der Waals surface area contributed by atoms with Crippen molar-refractivity contribution in [1.29, 1.82) is 0 Å². The Bertz CT molecular complexity index is 1040. The molecule has 2 aromatic rings. The minimum atomic E-state index is -0.499. The first-order chi connectivity index (χ1) is 15.0. The van der Waals surface area contributed by atoms with E-state index in [1.54, 1.807) is 6.92 Å². The highest BCUT2D eigenvalue weighted by atomic mass is 16.6. The Morgan fingerprint density at radius 3 is 2.16 bits per heavy atom. The van der Waals surface area contributed by atoms with E-state index in [0.29, 0.717) is 11.3 Å². The van der Waals surface area contributed by atoms with Gasteiger partial charge in [-0.3, -0.25) is 24.6 Å². The van der Waals surface area contributed by atoms with Gasteiger partial charge in [0.15, 0.2) is 0 Å². The number of carbonyl (C=O) groups is 2. The zero-order valence-electron chi connectivity index (χ0n) is 17.3. The highest BCUT2D eigenvalue weighted by Gasteiger charge is 2.38. The predicted molar refractivity (Wildman–Crippen MR) is 119 cm³/mol. The van der Waals surface area contributed by atoms with Crippen molar-refractivity contribution in [3.8, 4) is 0 Å². The van der Waals surface area contributed by atoms with Crippen molar-refractivity contribution in [3.63, 3.8) is 0 Å².